The summed E-state index contributed by atoms with van der Waals surface area (Å²) in [6.45, 7) is 1.97. The van der Waals surface area contributed by atoms with Crippen LogP contribution >= 0.6 is 11.6 Å². The van der Waals surface area contributed by atoms with Crippen molar-refractivity contribution in [3.05, 3.63) is 52.5 Å². The quantitative estimate of drug-likeness (QED) is 0.918. The molecule has 106 valence electrons. The number of hydrogen-bond acceptors (Lipinski definition) is 3. The summed E-state index contributed by atoms with van der Waals surface area (Å²) in [7, 11) is 1.56. The second kappa shape index (κ2) is 5.22. The van der Waals surface area contributed by atoms with E-state index in [0.717, 1.165) is 16.8 Å². The average molecular weight is 301 g/mol. The van der Waals surface area contributed by atoms with Crippen molar-refractivity contribution in [3.8, 4) is 5.75 Å². The summed E-state index contributed by atoms with van der Waals surface area (Å²) in [5.41, 5.74) is 3.53. The van der Waals surface area contributed by atoms with E-state index in [0.29, 0.717) is 22.2 Å². The van der Waals surface area contributed by atoms with E-state index in [-0.39, 0.29) is 5.91 Å². The Balaban J connectivity index is 2.15. The molecule has 2 aromatic rings. The second-order valence-corrected chi connectivity index (χ2v) is 5.22. The van der Waals surface area contributed by atoms with Crippen LogP contribution in [0.15, 0.2) is 41.4 Å². The third kappa shape index (κ3) is 2.50. The molecule has 5 heteroatoms. The topological polar surface area (TPSA) is 50.7 Å². The number of nitrogens with zero attached hydrogens (tertiary/aromatic N) is 1. The summed E-state index contributed by atoms with van der Waals surface area (Å²) in [4.78, 5) is 16.6. The highest BCUT2D eigenvalue weighted by atomic mass is 35.5. The van der Waals surface area contributed by atoms with Crippen molar-refractivity contribution >= 4 is 34.6 Å². The van der Waals surface area contributed by atoms with Crippen LogP contribution < -0.4 is 10.1 Å². The first-order chi connectivity index (χ1) is 10.1. The van der Waals surface area contributed by atoms with E-state index in [9.17, 15) is 4.79 Å². The lowest BCUT2D eigenvalue weighted by atomic mass is 10.1. The first kappa shape index (κ1) is 13.6. The van der Waals surface area contributed by atoms with Crippen molar-refractivity contribution in [2.24, 2.45) is 4.99 Å². The number of carbonyl (C=O) groups excluding carboxylic acids is 1. The molecule has 0 radical (unpaired) electrons. The van der Waals surface area contributed by atoms with Gasteiger partial charge in [-0.15, -0.1) is 0 Å². The Morgan fingerprint density at radius 2 is 2.00 bits per heavy atom. The number of nitrogens with one attached hydrogen (secondary N) is 1. The van der Waals surface area contributed by atoms with Crippen LogP contribution in [0.1, 0.15) is 11.1 Å². The van der Waals surface area contributed by atoms with Crippen LogP contribution in [-0.4, -0.2) is 18.7 Å². The van der Waals surface area contributed by atoms with Crippen LogP contribution in [0.4, 0.5) is 11.4 Å². The van der Waals surface area contributed by atoms with Gasteiger partial charge in [0.25, 0.3) is 5.91 Å². The number of methoxy groups -OCH3 is 1. The molecular formula is C16H13ClN2O2. The zero-order chi connectivity index (χ0) is 15.0. The van der Waals surface area contributed by atoms with E-state index in [1.807, 2.05) is 25.1 Å². The van der Waals surface area contributed by atoms with Gasteiger partial charge in [-0.2, -0.15) is 0 Å². The van der Waals surface area contributed by atoms with E-state index in [1.165, 1.54) is 0 Å². The van der Waals surface area contributed by atoms with Gasteiger partial charge < -0.3 is 10.1 Å². The largest absolute Gasteiger partial charge is 0.494 e. The molecule has 1 amide bonds. The second-order valence-electron chi connectivity index (χ2n) is 4.78. The molecule has 4 nitrogen and oxygen atoms in total. The normalized spacial score (nSPS) is 15.0. The summed E-state index contributed by atoms with van der Waals surface area (Å²) in [6.07, 6.45) is 0. The van der Waals surface area contributed by atoms with E-state index in [4.69, 9.17) is 16.3 Å². The number of rotatable bonds is 2. The highest BCUT2D eigenvalue weighted by Gasteiger charge is 2.26. The number of fused-ring (bicyclic) bond motifs is 1. The highest BCUT2D eigenvalue weighted by Crippen LogP contribution is 2.33. The number of carbonyl (C=O) groups is 1. The molecule has 0 bridgehead atoms. The molecule has 0 saturated carbocycles. The number of halogens is 1. The first-order valence-electron chi connectivity index (χ1n) is 6.43. The van der Waals surface area contributed by atoms with E-state index in [2.05, 4.69) is 10.3 Å². The van der Waals surface area contributed by atoms with E-state index >= 15 is 0 Å². The average Bonchev–Trinajstić information content (AvgIpc) is 2.75. The Bertz CT molecular complexity index is 769. The summed E-state index contributed by atoms with van der Waals surface area (Å²) in [5, 5.41) is 3.34. The van der Waals surface area contributed by atoms with Crippen LogP contribution in [-0.2, 0) is 4.79 Å². The predicted octanol–water partition coefficient (Wildman–Crippen LogP) is 3.73. The number of benzene rings is 2. The minimum atomic E-state index is -0.224. The number of amides is 1. The van der Waals surface area contributed by atoms with Crippen LogP contribution in [0.25, 0.3) is 0 Å². The van der Waals surface area contributed by atoms with Gasteiger partial charge in [0.15, 0.2) is 0 Å². The standard InChI is InChI=1S/C16H13ClN2O2/c1-9-3-5-12-11(7-9)15(16(20)19-12)18-13-8-10(17)4-6-14(13)21-2/h3-8H,1-2H3,(H,18,19,20). The van der Waals surface area contributed by atoms with Gasteiger partial charge >= 0.3 is 0 Å². The van der Waals surface area contributed by atoms with Gasteiger partial charge in [-0.25, -0.2) is 4.99 Å². The minimum Gasteiger partial charge on any atom is -0.494 e. The monoisotopic (exact) mass is 300 g/mol. The molecule has 1 aliphatic heterocycles. The van der Waals surface area contributed by atoms with Gasteiger partial charge in [0.05, 0.1) is 12.8 Å². The fraction of sp³-hybridized carbons (Fsp3) is 0.125. The molecule has 0 unspecified atom stereocenters. The molecule has 3 rings (SSSR count). The molecule has 21 heavy (non-hydrogen) atoms. The maximum absolute atomic E-state index is 12.1. The van der Waals surface area contributed by atoms with Gasteiger partial charge in [0, 0.05) is 10.6 Å². The Hall–Kier alpha value is -2.33. The Labute approximate surface area is 127 Å². The van der Waals surface area contributed by atoms with Crippen LogP contribution in [0.5, 0.6) is 5.75 Å². The van der Waals surface area contributed by atoms with Gasteiger partial charge in [-0.3, -0.25) is 4.79 Å². The van der Waals surface area contributed by atoms with Gasteiger partial charge in [-0.1, -0.05) is 23.2 Å². The zero-order valence-electron chi connectivity index (χ0n) is 11.6. The Kier molecular flexibility index (Phi) is 3.39. The van der Waals surface area contributed by atoms with Gasteiger partial charge in [0.2, 0.25) is 0 Å². The third-order valence-corrected chi connectivity index (χ3v) is 3.50. The van der Waals surface area contributed by atoms with E-state index < -0.39 is 0 Å². The Morgan fingerprint density at radius 3 is 2.76 bits per heavy atom. The fourth-order valence-corrected chi connectivity index (χ4v) is 2.42. The molecule has 0 atom stereocenters. The lowest BCUT2D eigenvalue weighted by Gasteiger charge is -2.05. The number of ether oxygens (including phenoxy) is 1. The van der Waals surface area contributed by atoms with Crippen LogP contribution in [0.2, 0.25) is 5.02 Å². The van der Waals surface area contributed by atoms with Crippen molar-refractivity contribution in [3.63, 3.8) is 0 Å². The van der Waals surface area contributed by atoms with Crippen molar-refractivity contribution in [1.29, 1.82) is 0 Å². The lowest BCUT2D eigenvalue weighted by Crippen LogP contribution is -2.14. The predicted molar refractivity (Wildman–Crippen MR) is 84.0 cm³/mol. The van der Waals surface area contributed by atoms with Gasteiger partial charge in [-0.05, 0) is 37.3 Å². The smallest absolute Gasteiger partial charge is 0.275 e. The zero-order valence-corrected chi connectivity index (χ0v) is 12.4. The minimum absolute atomic E-state index is 0.224. The molecule has 0 spiro atoms. The highest BCUT2D eigenvalue weighted by molar-refractivity contribution is 6.54. The molecule has 2 aromatic carbocycles. The summed E-state index contributed by atoms with van der Waals surface area (Å²) >= 11 is 6.00. The summed E-state index contributed by atoms with van der Waals surface area (Å²) < 4.78 is 5.26. The number of anilines is 1. The molecule has 0 aromatic heterocycles. The fourth-order valence-electron chi connectivity index (χ4n) is 2.25. The molecule has 1 heterocycles. The maximum Gasteiger partial charge on any atom is 0.275 e. The van der Waals surface area contributed by atoms with Crippen molar-refractivity contribution in [2.75, 3.05) is 12.4 Å². The number of hydrogen-bond donors (Lipinski definition) is 1. The molecular weight excluding hydrogens is 288 g/mol. The van der Waals surface area contributed by atoms with Crippen LogP contribution in [0.3, 0.4) is 0 Å². The maximum atomic E-state index is 12.1. The molecule has 0 aliphatic carbocycles. The number of aryl methyl sites for hydroxylation is 1. The third-order valence-electron chi connectivity index (χ3n) is 3.27. The Morgan fingerprint density at radius 1 is 1.19 bits per heavy atom. The number of aliphatic imine (C=N–C) groups is 1. The lowest BCUT2D eigenvalue weighted by molar-refractivity contribution is -0.110. The molecule has 0 saturated heterocycles. The first-order valence-corrected chi connectivity index (χ1v) is 6.81. The molecule has 1 aliphatic rings. The van der Waals surface area contributed by atoms with Crippen LogP contribution in [0, 0.1) is 6.92 Å². The van der Waals surface area contributed by atoms with Crippen molar-refractivity contribution in [2.45, 2.75) is 6.92 Å². The SMILES string of the molecule is COc1ccc(Cl)cc1N=C1C(=O)Nc2ccc(C)cc21. The van der Waals surface area contributed by atoms with Gasteiger partial charge in [0.1, 0.15) is 17.1 Å². The van der Waals surface area contributed by atoms with Crippen molar-refractivity contribution < 1.29 is 9.53 Å². The van der Waals surface area contributed by atoms with Crippen molar-refractivity contribution in [1.82, 2.24) is 0 Å². The molecule has 0 fully saturated rings. The molecule has 1 N–H and O–H groups in total. The summed E-state index contributed by atoms with van der Waals surface area (Å²) in [6, 6.07) is 10.9. The van der Waals surface area contributed by atoms with E-state index in [1.54, 1.807) is 25.3 Å². The summed E-state index contributed by atoms with van der Waals surface area (Å²) in [5.74, 6) is 0.346.